The van der Waals surface area contributed by atoms with Gasteiger partial charge < -0.3 is 15.0 Å². The molecule has 1 aromatic carbocycles. The van der Waals surface area contributed by atoms with E-state index in [1.54, 1.807) is 0 Å². The zero-order valence-electron chi connectivity index (χ0n) is 12.2. The van der Waals surface area contributed by atoms with Crippen LogP contribution in [0.3, 0.4) is 0 Å². The summed E-state index contributed by atoms with van der Waals surface area (Å²) in [5.74, 6) is 1.44. The zero-order valence-corrected chi connectivity index (χ0v) is 13.0. The van der Waals surface area contributed by atoms with Crippen molar-refractivity contribution in [1.29, 1.82) is 0 Å². The molecular formula is C17H18N2O2S. The predicted octanol–water partition coefficient (Wildman–Crippen LogP) is 2.97. The number of amides is 1. The number of carbonyl (C=O) groups is 1. The lowest BCUT2D eigenvalue weighted by Gasteiger charge is -2.22. The molecule has 2 aliphatic heterocycles. The van der Waals surface area contributed by atoms with Crippen molar-refractivity contribution in [3.05, 3.63) is 47.3 Å². The largest absolute Gasteiger partial charge is 0.447 e. The Hall–Kier alpha value is -1.85. The van der Waals surface area contributed by atoms with Gasteiger partial charge in [-0.3, -0.25) is 4.79 Å². The van der Waals surface area contributed by atoms with Crippen LogP contribution in [0, 0.1) is 5.92 Å². The van der Waals surface area contributed by atoms with Gasteiger partial charge in [0.05, 0.1) is 4.88 Å². The smallest absolute Gasteiger partial charge is 0.261 e. The first-order valence-electron chi connectivity index (χ1n) is 7.64. The normalized spacial score (nSPS) is 26.1. The van der Waals surface area contributed by atoms with Crippen LogP contribution in [0.25, 0.3) is 0 Å². The fourth-order valence-corrected chi connectivity index (χ4v) is 4.07. The minimum absolute atomic E-state index is 0.0201. The van der Waals surface area contributed by atoms with E-state index < -0.39 is 0 Å². The highest BCUT2D eigenvalue weighted by Crippen LogP contribution is 2.31. The van der Waals surface area contributed by atoms with Crippen molar-refractivity contribution in [1.82, 2.24) is 10.2 Å². The van der Waals surface area contributed by atoms with Gasteiger partial charge in [0.15, 0.2) is 5.06 Å². The van der Waals surface area contributed by atoms with E-state index in [0.29, 0.717) is 16.8 Å². The van der Waals surface area contributed by atoms with Crippen LogP contribution in [0.1, 0.15) is 16.1 Å². The fraction of sp³-hybridized carbons (Fsp3) is 0.353. The molecule has 0 aliphatic carbocycles. The number of para-hydroxylation sites is 1. The highest BCUT2D eigenvalue weighted by atomic mass is 32.1. The SMILES string of the molecule is O=C(N[C@H]1CN2CC[C@H]1C2)c1ccc(Oc2ccccc2)s1. The Labute approximate surface area is 133 Å². The molecule has 1 unspecified atom stereocenters. The molecule has 0 spiro atoms. The molecule has 114 valence electrons. The van der Waals surface area contributed by atoms with Crippen molar-refractivity contribution in [2.75, 3.05) is 19.6 Å². The Morgan fingerprint density at radius 2 is 2.05 bits per heavy atom. The van der Waals surface area contributed by atoms with Crippen molar-refractivity contribution >= 4 is 17.2 Å². The first-order valence-corrected chi connectivity index (χ1v) is 8.45. The molecule has 1 N–H and O–H groups in total. The quantitative estimate of drug-likeness (QED) is 0.943. The number of nitrogens with zero attached hydrogens (tertiary/aromatic N) is 1. The standard InChI is InChI=1S/C17H18N2O2S/c20-17(18-14-11-19-9-8-12(14)10-19)15-6-7-16(22-15)21-13-4-2-1-3-5-13/h1-7,12,14H,8-11H2,(H,18,20)/t12-,14-/m0/s1. The summed E-state index contributed by atoms with van der Waals surface area (Å²) in [4.78, 5) is 15.5. The highest BCUT2D eigenvalue weighted by molar-refractivity contribution is 7.15. The minimum atomic E-state index is 0.0201. The van der Waals surface area contributed by atoms with E-state index in [9.17, 15) is 4.79 Å². The van der Waals surface area contributed by atoms with Crippen LogP contribution in [0.15, 0.2) is 42.5 Å². The van der Waals surface area contributed by atoms with E-state index >= 15 is 0 Å². The number of hydrogen-bond donors (Lipinski definition) is 1. The molecule has 4 nitrogen and oxygen atoms in total. The molecule has 1 aromatic heterocycles. The average Bonchev–Trinajstić information content (AvgIpc) is 3.24. The first-order chi connectivity index (χ1) is 10.8. The first kappa shape index (κ1) is 13.8. The number of ether oxygens (including phenoxy) is 1. The van der Waals surface area contributed by atoms with Crippen LogP contribution in [0.5, 0.6) is 10.8 Å². The molecule has 1 amide bonds. The number of rotatable bonds is 4. The van der Waals surface area contributed by atoms with Gasteiger partial charge in [0.2, 0.25) is 0 Å². The maximum Gasteiger partial charge on any atom is 0.261 e. The van der Waals surface area contributed by atoms with Crippen LogP contribution < -0.4 is 10.1 Å². The van der Waals surface area contributed by atoms with E-state index in [1.165, 1.54) is 24.3 Å². The van der Waals surface area contributed by atoms with Crippen molar-refractivity contribution in [3.8, 4) is 10.8 Å². The van der Waals surface area contributed by atoms with E-state index in [2.05, 4.69) is 10.2 Å². The van der Waals surface area contributed by atoms with Gasteiger partial charge in [-0.05, 0) is 43.1 Å². The van der Waals surface area contributed by atoms with Gasteiger partial charge in [-0.1, -0.05) is 29.5 Å². The number of benzene rings is 1. The summed E-state index contributed by atoms with van der Waals surface area (Å²) in [5, 5.41) is 3.92. The average molecular weight is 314 g/mol. The lowest BCUT2D eigenvalue weighted by molar-refractivity contribution is 0.0928. The summed E-state index contributed by atoms with van der Waals surface area (Å²) < 4.78 is 5.76. The van der Waals surface area contributed by atoms with E-state index in [4.69, 9.17) is 4.74 Å². The van der Waals surface area contributed by atoms with Crippen molar-refractivity contribution < 1.29 is 9.53 Å². The molecule has 2 bridgehead atoms. The maximum atomic E-state index is 12.4. The maximum absolute atomic E-state index is 12.4. The topological polar surface area (TPSA) is 41.6 Å². The third kappa shape index (κ3) is 2.74. The van der Waals surface area contributed by atoms with Gasteiger partial charge in [0.1, 0.15) is 5.75 Å². The molecular weight excluding hydrogens is 296 g/mol. The van der Waals surface area contributed by atoms with E-state index in [0.717, 1.165) is 23.9 Å². The lowest BCUT2D eigenvalue weighted by atomic mass is 10.00. The van der Waals surface area contributed by atoms with E-state index in [-0.39, 0.29) is 5.91 Å². The Balaban J connectivity index is 1.39. The number of carbonyl (C=O) groups excluding carboxylic acids is 1. The second-order valence-electron chi connectivity index (χ2n) is 5.92. The second-order valence-corrected chi connectivity index (χ2v) is 6.97. The third-order valence-corrected chi connectivity index (χ3v) is 5.38. The van der Waals surface area contributed by atoms with Crippen molar-refractivity contribution in [2.45, 2.75) is 12.5 Å². The number of hydrogen-bond acceptors (Lipinski definition) is 4. The Morgan fingerprint density at radius 3 is 2.77 bits per heavy atom. The zero-order chi connectivity index (χ0) is 14.9. The van der Waals surface area contributed by atoms with Gasteiger partial charge in [-0.15, -0.1) is 0 Å². The molecule has 3 atom stereocenters. The minimum Gasteiger partial charge on any atom is -0.447 e. The summed E-state index contributed by atoms with van der Waals surface area (Å²) >= 11 is 1.39. The molecule has 22 heavy (non-hydrogen) atoms. The Kier molecular flexibility index (Phi) is 3.60. The molecule has 0 saturated carbocycles. The van der Waals surface area contributed by atoms with Gasteiger partial charge >= 0.3 is 0 Å². The third-order valence-electron chi connectivity index (χ3n) is 4.42. The monoisotopic (exact) mass is 314 g/mol. The summed E-state index contributed by atoms with van der Waals surface area (Å²) in [6.07, 6.45) is 1.21. The van der Waals surface area contributed by atoms with Crippen LogP contribution >= 0.6 is 11.3 Å². The molecule has 2 aliphatic rings. The van der Waals surface area contributed by atoms with Gasteiger partial charge in [0.25, 0.3) is 5.91 Å². The van der Waals surface area contributed by atoms with Crippen LogP contribution in [0.4, 0.5) is 0 Å². The molecule has 5 heteroatoms. The number of fused-ring (bicyclic) bond motifs is 2. The summed E-state index contributed by atoms with van der Waals surface area (Å²) in [5.41, 5.74) is 0. The molecule has 4 rings (SSSR count). The van der Waals surface area contributed by atoms with Crippen LogP contribution in [0.2, 0.25) is 0 Å². The van der Waals surface area contributed by atoms with Crippen molar-refractivity contribution in [3.63, 3.8) is 0 Å². The summed E-state index contributed by atoms with van der Waals surface area (Å²) in [6.45, 7) is 3.32. The molecule has 0 radical (unpaired) electrons. The van der Waals surface area contributed by atoms with Crippen molar-refractivity contribution in [2.24, 2.45) is 5.92 Å². The van der Waals surface area contributed by atoms with Crippen LogP contribution in [-0.2, 0) is 0 Å². The second kappa shape index (κ2) is 5.74. The fourth-order valence-electron chi connectivity index (χ4n) is 3.29. The van der Waals surface area contributed by atoms with E-state index in [1.807, 2.05) is 42.5 Å². The molecule has 2 aromatic rings. The molecule has 3 heterocycles. The Morgan fingerprint density at radius 1 is 1.18 bits per heavy atom. The molecule has 2 fully saturated rings. The van der Waals surface area contributed by atoms with Gasteiger partial charge in [-0.25, -0.2) is 0 Å². The van der Waals surface area contributed by atoms with Gasteiger partial charge in [0, 0.05) is 19.1 Å². The predicted molar refractivity (Wildman–Crippen MR) is 86.6 cm³/mol. The number of nitrogens with one attached hydrogen (secondary N) is 1. The van der Waals surface area contributed by atoms with Gasteiger partial charge in [-0.2, -0.15) is 0 Å². The molecule has 2 saturated heterocycles. The summed E-state index contributed by atoms with van der Waals surface area (Å²) in [6, 6.07) is 13.6. The lowest BCUT2D eigenvalue weighted by Crippen LogP contribution is -2.42. The summed E-state index contributed by atoms with van der Waals surface area (Å²) in [7, 11) is 0. The highest BCUT2D eigenvalue weighted by Gasteiger charge is 2.38. The Bertz CT molecular complexity index is 670. The number of thiophene rings is 1. The van der Waals surface area contributed by atoms with Crippen LogP contribution in [-0.4, -0.2) is 36.5 Å². The number of piperidine rings is 1.